The normalized spacial score (nSPS) is 22.3. The largest absolute Gasteiger partial charge is 0.463 e. The topological polar surface area (TPSA) is 123 Å². The van der Waals surface area contributed by atoms with E-state index in [0.717, 1.165) is 16.9 Å². The summed E-state index contributed by atoms with van der Waals surface area (Å²) in [7, 11) is 1.57. The number of amides is 4. The van der Waals surface area contributed by atoms with Gasteiger partial charge in [-0.2, -0.15) is 5.26 Å². The molecule has 12 heteroatoms. The van der Waals surface area contributed by atoms with Gasteiger partial charge in [-0.15, -0.1) is 0 Å². The van der Waals surface area contributed by atoms with Crippen LogP contribution in [0.25, 0.3) is 0 Å². The number of nitrogens with one attached hydrogen (secondary N) is 1. The highest BCUT2D eigenvalue weighted by atomic mass is 35.5. The van der Waals surface area contributed by atoms with Crippen LogP contribution in [-0.4, -0.2) is 72.4 Å². The zero-order valence-corrected chi connectivity index (χ0v) is 24.7. The quantitative estimate of drug-likeness (QED) is 0.368. The summed E-state index contributed by atoms with van der Waals surface area (Å²) in [6, 6.07) is 12.9. The Morgan fingerprint density at radius 1 is 1.12 bits per heavy atom. The Morgan fingerprint density at radius 2 is 1.81 bits per heavy atom. The van der Waals surface area contributed by atoms with Gasteiger partial charge in [0.2, 0.25) is 5.91 Å². The first-order valence-corrected chi connectivity index (χ1v) is 14.3. The second kappa shape index (κ2) is 11.8. The molecule has 2 saturated heterocycles. The van der Waals surface area contributed by atoms with Gasteiger partial charge in [-0.25, -0.2) is 14.5 Å². The summed E-state index contributed by atoms with van der Waals surface area (Å²) in [5.41, 5.74) is 1.15. The number of hydrogen-bond donors (Lipinski definition) is 1. The molecule has 1 N–H and O–H groups in total. The van der Waals surface area contributed by atoms with Crippen molar-refractivity contribution in [2.45, 2.75) is 37.6 Å². The number of likely N-dealkylation sites (tertiary alicyclic amines) is 1. The molecule has 0 saturated carbocycles. The van der Waals surface area contributed by atoms with E-state index in [-0.39, 0.29) is 47.9 Å². The molecule has 10 nitrogen and oxygen atoms in total. The van der Waals surface area contributed by atoms with Crippen LogP contribution >= 0.6 is 23.2 Å². The van der Waals surface area contributed by atoms with Crippen LogP contribution in [0.4, 0.5) is 10.5 Å². The van der Waals surface area contributed by atoms with Crippen LogP contribution in [0.3, 0.4) is 0 Å². The van der Waals surface area contributed by atoms with Crippen molar-refractivity contribution < 1.29 is 23.9 Å². The van der Waals surface area contributed by atoms with Gasteiger partial charge in [-0.1, -0.05) is 35.3 Å². The van der Waals surface area contributed by atoms with Gasteiger partial charge in [0.05, 0.1) is 36.0 Å². The van der Waals surface area contributed by atoms with Crippen molar-refractivity contribution in [1.82, 2.24) is 15.1 Å². The van der Waals surface area contributed by atoms with Gasteiger partial charge < -0.3 is 15.0 Å². The number of hydrogen-bond acceptors (Lipinski definition) is 7. The van der Waals surface area contributed by atoms with E-state index in [4.69, 9.17) is 27.9 Å². The van der Waals surface area contributed by atoms with Gasteiger partial charge in [-0.05, 0) is 62.1 Å². The lowest BCUT2D eigenvalue weighted by atomic mass is 9.80. The minimum Gasteiger partial charge on any atom is -0.463 e. The highest BCUT2D eigenvalue weighted by molar-refractivity contribution is 6.35. The lowest BCUT2D eigenvalue weighted by Crippen LogP contribution is -2.54. The van der Waals surface area contributed by atoms with Crippen molar-refractivity contribution in [3.63, 3.8) is 0 Å². The predicted molar refractivity (Wildman–Crippen MR) is 156 cm³/mol. The average Bonchev–Trinajstić information content (AvgIpc) is 3.61. The van der Waals surface area contributed by atoms with Crippen molar-refractivity contribution >= 4 is 52.7 Å². The number of imide groups is 1. The fraction of sp³-hybridized carbons (Fsp3) is 0.367. The predicted octanol–water partition coefficient (Wildman–Crippen LogP) is 4.22. The Morgan fingerprint density at radius 3 is 2.45 bits per heavy atom. The Labute approximate surface area is 253 Å². The van der Waals surface area contributed by atoms with Crippen LogP contribution < -0.4 is 10.2 Å². The molecule has 218 valence electrons. The molecule has 0 aromatic heterocycles. The first-order chi connectivity index (χ1) is 20.1. The number of benzene rings is 2. The number of halogens is 2. The van der Waals surface area contributed by atoms with E-state index in [9.17, 15) is 24.4 Å². The summed E-state index contributed by atoms with van der Waals surface area (Å²) in [6.07, 6.45) is 1.83. The van der Waals surface area contributed by atoms with Gasteiger partial charge in [-0.3, -0.25) is 14.5 Å². The average molecular weight is 610 g/mol. The minimum absolute atomic E-state index is 0.0631. The molecule has 42 heavy (non-hydrogen) atoms. The number of carbonyl (C=O) groups excluding carboxylic acids is 4. The van der Waals surface area contributed by atoms with Crippen molar-refractivity contribution in [2.24, 2.45) is 0 Å². The second-order valence-corrected chi connectivity index (χ2v) is 11.4. The summed E-state index contributed by atoms with van der Waals surface area (Å²) in [5.74, 6) is -1.74. The fourth-order valence-corrected chi connectivity index (χ4v) is 6.66. The maximum atomic E-state index is 14.3. The lowest BCUT2D eigenvalue weighted by Gasteiger charge is -2.34. The van der Waals surface area contributed by atoms with Crippen LogP contribution in [0.1, 0.15) is 43.2 Å². The summed E-state index contributed by atoms with van der Waals surface area (Å²) in [5, 5.41) is 12.7. The molecule has 2 aliphatic heterocycles. The van der Waals surface area contributed by atoms with Crippen molar-refractivity contribution in [2.75, 3.05) is 38.2 Å². The first kappa shape index (κ1) is 29.6. The van der Waals surface area contributed by atoms with E-state index in [1.54, 1.807) is 38.2 Å². The molecule has 2 aromatic rings. The van der Waals surface area contributed by atoms with Crippen LogP contribution in [-0.2, 0) is 19.1 Å². The molecule has 2 aromatic carbocycles. The highest BCUT2D eigenvalue weighted by Gasteiger charge is 2.64. The molecule has 1 aliphatic carbocycles. The number of carbonyl (C=O) groups is 4. The number of urea groups is 1. The summed E-state index contributed by atoms with van der Waals surface area (Å²) >= 11 is 12.4. The molecule has 2 heterocycles. The van der Waals surface area contributed by atoms with E-state index in [1.165, 1.54) is 23.1 Å². The number of nitriles is 1. The summed E-state index contributed by atoms with van der Waals surface area (Å²) in [6.45, 7) is 2.28. The van der Waals surface area contributed by atoms with Gasteiger partial charge in [0, 0.05) is 41.8 Å². The number of rotatable bonds is 7. The number of likely N-dealkylation sites (N-methyl/N-ethyl adjacent to an activating group) is 1. The molecule has 0 bridgehead atoms. The Bertz CT molecular complexity index is 1520. The molecule has 2 atom stereocenters. The standard InChI is InChI=1S/C30H29Cl2N5O5/c1-3-42-27(39)23-5-4-6-25(23)34-26(38)16-36-15-24(19-9-7-18(14-33)8-10-19)30(17-36)28(40)37(29(41)35(30)2)22-12-20(31)11-21(32)13-22/h7-13,24H,3-6,15-17H2,1-2H3,(H,34,38)/t24-,30+/m0/s1. The SMILES string of the molecule is CCOC(=O)C1=C(NC(=O)CN2C[C@@H](c3ccc(C#N)cc3)[C@]3(C2)C(=O)N(c2cc(Cl)cc(Cl)c2)C(=O)N3C)CCC1. The van der Waals surface area contributed by atoms with Crippen LogP contribution in [0.5, 0.6) is 0 Å². The summed E-state index contributed by atoms with van der Waals surface area (Å²) in [4.78, 5) is 57.8. The van der Waals surface area contributed by atoms with Crippen LogP contribution in [0, 0.1) is 11.3 Å². The zero-order chi connectivity index (χ0) is 30.2. The van der Waals surface area contributed by atoms with E-state index < -0.39 is 29.4 Å². The molecule has 3 aliphatic rings. The number of nitrogens with zero attached hydrogens (tertiary/aromatic N) is 4. The number of anilines is 1. The van der Waals surface area contributed by atoms with E-state index in [2.05, 4.69) is 11.4 Å². The Hall–Kier alpha value is -3.91. The molecule has 1 spiro atoms. The van der Waals surface area contributed by atoms with Crippen LogP contribution in [0.2, 0.25) is 10.0 Å². The molecular weight excluding hydrogens is 581 g/mol. The molecule has 0 radical (unpaired) electrons. The zero-order valence-electron chi connectivity index (χ0n) is 23.2. The smallest absolute Gasteiger partial charge is 0.335 e. The number of allylic oxidation sites excluding steroid dienone is 1. The lowest BCUT2D eigenvalue weighted by molar-refractivity contribution is -0.138. The first-order valence-electron chi connectivity index (χ1n) is 13.6. The van der Waals surface area contributed by atoms with Gasteiger partial charge in [0.15, 0.2) is 0 Å². The molecule has 2 fully saturated rings. The van der Waals surface area contributed by atoms with Gasteiger partial charge in [0.25, 0.3) is 5.91 Å². The van der Waals surface area contributed by atoms with Crippen molar-refractivity contribution in [3.8, 4) is 6.07 Å². The third kappa shape index (κ3) is 5.24. The van der Waals surface area contributed by atoms with Crippen molar-refractivity contribution in [1.29, 1.82) is 5.26 Å². The Balaban J connectivity index is 1.46. The van der Waals surface area contributed by atoms with E-state index in [0.29, 0.717) is 29.7 Å². The maximum absolute atomic E-state index is 14.3. The van der Waals surface area contributed by atoms with E-state index in [1.807, 2.05) is 4.90 Å². The molecule has 5 rings (SSSR count). The number of ether oxygens (including phenoxy) is 1. The summed E-state index contributed by atoms with van der Waals surface area (Å²) < 4.78 is 5.13. The van der Waals surface area contributed by atoms with Gasteiger partial charge >= 0.3 is 12.0 Å². The van der Waals surface area contributed by atoms with Gasteiger partial charge in [0.1, 0.15) is 5.54 Å². The highest BCUT2D eigenvalue weighted by Crippen LogP contribution is 2.46. The third-order valence-electron chi connectivity index (χ3n) is 8.08. The van der Waals surface area contributed by atoms with Crippen LogP contribution in [0.15, 0.2) is 53.7 Å². The third-order valence-corrected chi connectivity index (χ3v) is 8.51. The minimum atomic E-state index is -1.34. The monoisotopic (exact) mass is 609 g/mol. The molecule has 0 unspecified atom stereocenters. The molecular formula is C30H29Cl2N5O5. The second-order valence-electron chi connectivity index (χ2n) is 10.6. The fourth-order valence-electron chi connectivity index (χ4n) is 6.15. The Kier molecular flexibility index (Phi) is 8.28. The molecule has 4 amide bonds. The van der Waals surface area contributed by atoms with Crippen molar-refractivity contribution in [3.05, 3.63) is 74.9 Å². The maximum Gasteiger partial charge on any atom is 0.335 e. The van der Waals surface area contributed by atoms with E-state index >= 15 is 0 Å². The number of esters is 1.